The molecular formula is C55H67N11O7S. The van der Waals surface area contributed by atoms with Crippen molar-refractivity contribution in [2.75, 3.05) is 68.0 Å². The van der Waals surface area contributed by atoms with E-state index in [0.29, 0.717) is 65.8 Å². The van der Waals surface area contributed by atoms with E-state index in [-0.39, 0.29) is 42.5 Å². The summed E-state index contributed by atoms with van der Waals surface area (Å²) < 4.78 is 18.1. The summed E-state index contributed by atoms with van der Waals surface area (Å²) in [7, 11) is 0. The number of phenols is 1. The summed E-state index contributed by atoms with van der Waals surface area (Å²) in [5, 5.41) is 37.0. The molecule has 19 heteroatoms. The number of thiazole rings is 1. The van der Waals surface area contributed by atoms with Gasteiger partial charge in [-0.15, -0.1) is 21.5 Å². The summed E-state index contributed by atoms with van der Waals surface area (Å²) in [5.41, 5.74) is 14.4. The maximum Gasteiger partial charge on any atom is 0.254 e. The molecule has 390 valence electrons. The van der Waals surface area contributed by atoms with Crippen LogP contribution in [0.4, 0.5) is 17.2 Å². The molecule has 6 atom stereocenters. The van der Waals surface area contributed by atoms with Crippen LogP contribution < -0.4 is 30.3 Å². The standard InChI is InChI=1S/C55H67N11O7S/c1-33(2)51(55(70)65-31-42(67)26-46(65)54(69)59-34(3)37-9-11-38(12-10-37)52-35(4)58-32-74-52)48-28-50(62-73-48)72-24-22-63-20-16-36(17-21-63)18-23-71-49-25-39(15-19-57-49)66-40-13-14-41(66)30-64(29-40)45-27-44(60-61-53(45)56)43-7-5-6-8-47(43)68/h5-12,15,19,25,27-28,32-34,36,40-42,46,51,67-68H,13-14,16-18,20-24,26,29-31H2,1-4H3,(H2,56,61)(H,59,69)/t34-,40?,41?,42+,46-,51+/m0/s1. The van der Waals surface area contributed by atoms with Gasteiger partial charge in [-0.1, -0.05) is 50.2 Å². The maximum atomic E-state index is 14.2. The minimum Gasteiger partial charge on any atom is -0.507 e. The summed E-state index contributed by atoms with van der Waals surface area (Å²) >= 11 is 1.59. The number of fused-ring (bicyclic) bond motifs is 2. The molecular weight excluding hydrogens is 959 g/mol. The molecule has 4 saturated heterocycles. The number of hydrogen-bond donors (Lipinski definition) is 4. The van der Waals surface area contributed by atoms with Gasteiger partial charge in [0.15, 0.2) is 11.6 Å². The van der Waals surface area contributed by atoms with E-state index in [9.17, 15) is 19.8 Å². The minimum atomic E-state index is -0.827. The molecule has 4 aliphatic heterocycles. The number of hydrogen-bond acceptors (Lipinski definition) is 17. The first-order chi connectivity index (χ1) is 35.9. The number of aryl methyl sites for hydroxylation is 1. The third-order valence-electron chi connectivity index (χ3n) is 15.3. The molecule has 4 aromatic heterocycles. The number of rotatable bonds is 18. The van der Waals surface area contributed by atoms with Crippen LogP contribution in [0.3, 0.4) is 0 Å². The average molecular weight is 1030 g/mol. The first-order valence-electron chi connectivity index (χ1n) is 26.0. The molecule has 74 heavy (non-hydrogen) atoms. The second kappa shape index (κ2) is 22.3. The van der Waals surface area contributed by atoms with Crippen molar-refractivity contribution in [2.24, 2.45) is 11.8 Å². The highest BCUT2D eigenvalue weighted by Crippen LogP contribution is 2.40. The fourth-order valence-electron chi connectivity index (χ4n) is 11.3. The molecule has 4 aliphatic rings. The van der Waals surface area contributed by atoms with Gasteiger partial charge in [0, 0.05) is 74.3 Å². The van der Waals surface area contributed by atoms with E-state index in [1.165, 1.54) is 4.90 Å². The molecule has 2 unspecified atom stereocenters. The van der Waals surface area contributed by atoms with Crippen molar-refractivity contribution in [2.45, 2.75) is 102 Å². The van der Waals surface area contributed by atoms with E-state index < -0.39 is 18.1 Å². The maximum absolute atomic E-state index is 14.2. The normalized spacial score (nSPS) is 21.0. The molecule has 18 nitrogen and oxygen atoms in total. The highest BCUT2D eigenvalue weighted by Gasteiger charge is 2.44. The van der Waals surface area contributed by atoms with Gasteiger partial charge in [-0.3, -0.25) is 14.5 Å². The third kappa shape index (κ3) is 11.1. The number of phenolic OH excluding ortho intramolecular Hbond substituents is 1. The van der Waals surface area contributed by atoms with Crippen LogP contribution in [0, 0.1) is 18.8 Å². The Labute approximate surface area is 435 Å². The van der Waals surface area contributed by atoms with E-state index in [1.54, 1.807) is 29.5 Å². The SMILES string of the molecule is Cc1ncsc1-c1ccc([C@H](C)NC(=O)[C@@H]2C[C@@H](O)CN2C(=O)[C@@H](c2cc(OCCN3CCC(CCOc4cc(N5C6CCC5CN(c5cc(-c7ccccc7O)nnc5N)C6)ccn4)CC3)no2)C(C)C)cc1. The number of anilines is 3. The van der Waals surface area contributed by atoms with Gasteiger partial charge in [0.2, 0.25) is 17.7 Å². The topological polar surface area (TPSA) is 222 Å². The summed E-state index contributed by atoms with van der Waals surface area (Å²) in [4.78, 5) is 46.7. The number of ether oxygens (including phenoxy) is 2. The van der Waals surface area contributed by atoms with Crippen LogP contribution in [0.2, 0.25) is 0 Å². The predicted octanol–water partition coefficient (Wildman–Crippen LogP) is 7.24. The number of benzene rings is 2. The number of β-amino-alcohol motifs (C(OH)–C–C–N with tert-alkyl or cyclic N) is 1. The fraction of sp³-hybridized carbons (Fsp3) is 0.473. The van der Waals surface area contributed by atoms with Crippen LogP contribution >= 0.6 is 11.3 Å². The van der Waals surface area contributed by atoms with Crippen molar-refractivity contribution in [3.05, 3.63) is 102 Å². The number of carbonyl (C=O) groups excluding carboxylic acids is 2. The van der Waals surface area contributed by atoms with Gasteiger partial charge < -0.3 is 50.0 Å². The number of piperazine rings is 1. The number of aliphatic hydroxyl groups excluding tert-OH is 1. The van der Waals surface area contributed by atoms with Crippen molar-refractivity contribution in [1.82, 2.24) is 40.4 Å². The van der Waals surface area contributed by atoms with Gasteiger partial charge in [0.05, 0.1) is 46.2 Å². The molecule has 2 amide bonds. The Balaban J connectivity index is 0.655. The fourth-order valence-corrected chi connectivity index (χ4v) is 12.1. The number of nitrogen functional groups attached to an aromatic ring is 1. The van der Waals surface area contributed by atoms with Gasteiger partial charge in [-0.2, -0.15) is 0 Å². The lowest BCUT2D eigenvalue weighted by Crippen LogP contribution is -2.54. The molecule has 6 aromatic rings. The van der Waals surface area contributed by atoms with Gasteiger partial charge in [0.25, 0.3) is 5.88 Å². The van der Waals surface area contributed by atoms with Crippen LogP contribution in [0.1, 0.15) is 88.3 Å². The van der Waals surface area contributed by atoms with Crippen molar-refractivity contribution < 1.29 is 33.8 Å². The number of aromatic nitrogens is 5. The second-order valence-electron chi connectivity index (χ2n) is 20.6. The summed E-state index contributed by atoms with van der Waals surface area (Å²) in [6, 6.07) is 22.4. The number of likely N-dealkylation sites (tertiary alicyclic amines) is 2. The average Bonchev–Trinajstić information content (AvgIpc) is 4.20. The molecule has 4 fully saturated rings. The highest BCUT2D eigenvalue weighted by atomic mass is 32.1. The van der Waals surface area contributed by atoms with E-state index >= 15 is 0 Å². The smallest absolute Gasteiger partial charge is 0.254 e. The van der Waals surface area contributed by atoms with E-state index in [1.807, 2.05) is 81.9 Å². The zero-order valence-electron chi connectivity index (χ0n) is 42.5. The third-order valence-corrected chi connectivity index (χ3v) is 16.3. The van der Waals surface area contributed by atoms with Crippen LogP contribution in [-0.4, -0.2) is 134 Å². The van der Waals surface area contributed by atoms with Gasteiger partial charge in [-0.05, 0) is 111 Å². The summed E-state index contributed by atoms with van der Waals surface area (Å²) in [6.07, 6.45) is 6.38. The molecule has 2 bridgehead atoms. The second-order valence-corrected chi connectivity index (χ2v) is 21.5. The predicted molar refractivity (Wildman–Crippen MR) is 283 cm³/mol. The lowest BCUT2D eigenvalue weighted by Gasteiger charge is -2.43. The lowest BCUT2D eigenvalue weighted by atomic mass is 9.91. The number of piperidine rings is 1. The number of carbonyl (C=O) groups is 2. The Morgan fingerprint density at radius 1 is 0.905 bits per heavy atom. The summed E-state index contributed by atoms with van der Waals surface area (Å²) in [5.74, 6) is 0.916. The number of para-hydroxylation sites is 1. The zero-order valence-corrected chi connectivity index (χ0v) is 43.4. The summed E-state index contributed by atoms with van der Waals surface area (Å²) in [6.45, 7) is 13.1. The monoisotopic (exact) mass is 1030 g/mol. The molecule has 0 saturated carbocycles. The van der Waals surface area contributed by atoms with Crippen molar-refractivity contribution in [1.29, 1.82) is 0 Å². The number of pyridine rings is 1. The molecule has 8 heterocycles. The van der Waals surface area contributed by atoms with Crippen molar-refractivity contribution in [3.8, 4) is 39.2 Å². The van der Waals surface area contributed by atoms with Gasteiger partial charge in [-0.25, -0.2) is 9.97 Å². The van der Waals surface area contributed by atoms with E-state index in [2.05, 4.69) is 57.5 Å². The largest absolute Gasteiger partial charge is 0.507 e. The minimum absolute atomic E-state index is 0.0553. The van der Waals surface area contributed by atoms with Gasteiger partial charge in [0.1, 0.15) is 24.3 Å². The zero-order chi connectivity index (χ0) is 51.5. The van der Waals surface area contributed by atoms with E-state index in [4.69, 9.17) is 19.7 Å². The van der Waals surface area contributed by atoms with E-state index in [0.717, 1.165) is 97.9 Å². The number of amides is 2. The van der Waals surface area contributed by atoms with Crippen LogP contribution in [0.25, 0.3) is 21.7 Å². The Kier molecular flexibility index (Phi) is 15.3. The molecule has 0 spiro atoms. The van der Waals surface area contributed by atoms with Crippen molar-refractivity contribution in [3.63, 3.8) is 0 Å². The quantitative estimate of drug-likeness (QED) is 0.0666. The first-order valence-corrected chi connectivity index (χ1v) is 26.9. The number of nitrogens with zero attached hydrogens (tertiary/aromatic N) is 9. The van der Waals surface area contributed by atoms with Gasteiger partial charge >= 0.3 is 0 Å². The molecule has 5 N–H and O–H groups in total. The van der Waals surface area contributed by atoms with Crippen molar-refractivity contribution >= 4 is 40.3 Å². The first kappa shape index (κ1) is 50.7. The molecule has 10 rings (SSSR count). The highest BCUT2D eigenvalue weighted by molar-refractivity contribution is 7.13. The van der Waals surface area contributed by atoms with Crippen LogP contribution in [-0.2, 0) is 9.59 Å². The number of aliphatic hydroxyl groups is 1. The molecule has 0 radical (unpaired) electrons. The Morgan fingerprint density at radius 2 is 1.66 bits per heavy atom. The number of nitrogens with one attached hydrogen (secondary N) is 1. The van der Waals surface area contributed by atoms with Crippen LogP contribution in [0.15, 0.2) is 89.0 Å². The Morgan fingerprint density at radius 3 is 2.39 bits per heavy atom. The lowest BCUT2D eigenvalue weighted by molar-refractivity contribution is -0.141. The number of nitrogens with two attached hydrogens (primary N) is 1. The van der Waals surface area contributed by atoms with Crippen LogP contribution in [0.5, 0.6) is 17.5 Å². The Hall–Kier alpha value is -6.83. The molecule has 2 aromatic carbocycles. The number of aromatic hydroxyl groups is 1. The Bertz CT molecular complexity index is 2880. The molecule has 0 aliphatic carbocycles.